The lowest BCUT2D eigenvalue weighted by Crippen LogP contribution is -2.49. The van der Waals surface area contributed by atoms with Crippen molar-refractivity contribution in [1.82, 2.24) is 4.90 Å². The maximum atomic E-state index is 11.3. The molecule has 1 rings (SSSR count). The van der Waals surface area contributed by atoms with Gasteiger partial charge in [0.25, 0.3) is 0 Å². The highest BCUT2D eigenvalue weighted by molar-refractivity contribution is 5.69. The molecule has 0 aromatic heterocycles. The summed E-state index contributed by atoms with van der Waals surface area (Å²) in [5.74, 6) is -0.108. The van der Waals surface area contributed by atoms with Crippen molar-refractivity contribution < 1.29 is 9.53 Å². The Bertz CT molecular complexity index is 217. The molecule has 4 heteroatoms. The number of carbonyl (C=O) groups excluding carboxylic acids is 1. The Kier molecular flexibility index (Phi) is 5.77. The first kappa shape index (κ1) is 13.5. The highest BCUT2D eigenvalue weighted by atomic mass is 16.5. The molecule has 2 unspecified atom stereocenters. The van der Waals surface area contributed by atoms with Crippen molar-refractivity contribution in [3.05, 3.63) is 0 Å². The normalized spacial score (nSPS) is 24.1. The Morgan fingerprint density at radius 1 is 1.56 bits per heavy atom. The number of likely N-dealkylation sites (tertiary alicyclic amines) is 1. The lowest BCUT2D eigenvalue weighted by atomic mass is 9.96. The molecule has 2 N–H and O–H groups in total. The molecule has 1 heterocycles. The van der Waals surface area contributed by atoms with Crippen molar-refractivity contribution >= 4 is 5.97 Å². The molecule has 94 valence electrons. The van der Waals surface area contributed by atoms with Gasteiger partial charge in [0.15, 0.2) is 0 Å². The van der Waals surface area contributed by atoms with Crippen LogP contribution in [0.1, 0.15) is 39.0 Å². The number of rotatable bonds is 5. The molecule has 1 aliphatic heterocycles. The molecule has 0 aliphatic carbocycles. The number of hydrogen-bond donors (Lipinski definition) is 1. The quantitative estimate of drug-likeness (QED) is 0.717. The smallest absolute Gasteiger partial charge is 0.307 e. The minimum atomic E-state index is -0.108. The van der Waals surface area contributed by atoms with Gasteiger partial charge in [-0.25, -0.2) is 0 Å². The average Bonchev–Trinajstić information content (AvgIpc) is 2.32. The molecule has 0 spiro atoms. The van der Waals surface area contributed by atoms with E-state index < -0.39 is 0 Å². The van der Waals surface area contributed by atoms with E-state index in [0.29, 0.717) is 25.0 Å². The number of hydrogen-bond acceptors (Lipinski definition) is 4. The maximum absolute atomic E-state index is 11.3. The summed E-state index contributed by atoms with van der Waals surface area (Å²) in [6, 6.07) is 0.740. The van der Waals surface area contributed by atoms with Crippen molar-refractivity contribution in [2.45, 2.75) is 51.1 Å². The number of ether oxygens (including phenoxy) is 1. The molecular formula is C12H24N2O2. The molecular weight excluding hydrogens is 204 g/mol. The molecule has 0 bridgehead atoms. The SMILES string of the molecule is CCC(CN)N1CCCCC1CC(=O)OC. The third-order valence-electron chi connectivity index (χ3n) is 3.51. The van der Waals surface area contributed by atoms with Gasteiger partial charge in [0.2, 0.25) is 0 Å². The highest BCUT2D eigenvalue weighted by Crippen LogP contribution is 2.23. The molecule has 4 nitrogen and oxygen atoms in total. The average molecular weight is 228 g/mol. The Morgan fingerprint density at radius 3 is 2.88 bits per heavy atom. The van der Waals surface area contributed by atoms with Gasteiger partial charge in [0.05, 0.1) is 13.5 Å². The Morgan fingerprint density at radius 2 is 2.31 bits per heavy atom. The second-order valence-corrected chi connectivity index (χ2v) is 4.47. The van der Waals surface area contributed by atoms with Gasteiger partial charge in [-0.05, 0) is 25.8 Å². The van der Waals surface area contributed by atoms with Gasteiger partial charge in [0, 0.05) is 18.6 Å². The van der Waals surface area contributed by atoms with Crippen molar-refractivity contribution in [3.8, 4) is 0 Å². The molecule has 16 heavy (non-hydrogen) atoms. The molecule has 0 amide bonds. The van der Waals surface area contributed by atoms with Crippen LogP contribution in [0.25, 0.3) is 0 Å². The Labute approximate surface area is 98.1 Å². The zero-order chi connectivity index (χ0) is 12.0. The highest BCUT2D eigenvalue weighted by Gasteiger charge is 2.28. The van der Waals surface area contributed by atoms with E-state index in [1.165, 1.54) is 20.0 Å². The van der Waals surface area contributed by atoms with E-state index >= 15 is 0 Å². The van der Waals surface area contributed by atoms with E-state index in [1.54, 1.807) is 0 Å². The van der Waals surface area contributed by atoms with E-state index in [0.717, 1.165) is 19.4 Å². The summed E-state index contributed by atoms with van der Waals surface area (Å²) in [6.45, 7) is 3.90. The van der Waals surface area contributed by atoms with E-state index in [4.69, 9.17) is 10.5 Å². The predicted octanol–water partition coefficient (Wildman–Crippen LogP) is 1.14. The lowest BCUT2D eigenvalue weighted by molar-refractivity contribution is -0.142. The van der Waals surface area contributed by atoms with Crippen LogP contribution in [0.3, 0.4) is 0 Å². The summed E-state index contributed by atoms with van der Waals surface area (Å²) >= 11 is 0. The van der Waals surface area contributed by atoms with Crippen LogP contribution in [0.4, 0.5) is 0 Å². The Balaban J connectivity index is 2.59. The third-order valence-corrected chi connectivity index (χ3v) is 3.51. The zero-order valence-corrected chi connectivity index (χ0v) is 10.4. The fraction of sp³-hybridized carbons (Fsp3) is 0.917. The van der Waals surface area contributed by atoms with Crippen molar-refractivity contribution in [3.63, 3.8) is 0 Å². The number of nitrogens with two attached hydrogens (primary N) is 1. The van der Waals surface area contributed by atoms with Crippen molar-refractivity contribution in [1.29, 1.82) is 0 Å². The molecule has 0 aromatic rings. The fourth-order valence-corrected chi connectivity index (χ4v) is 2.54. The first-order valence-corrected chi connectivity index (χ1v) is 6.25. The minimum Gasteiger partial charge on any atom is -0.469 e. The standard InChI is InChI=1S/C12H24N2O2/c1-3-10(9-13)14-7-5-4-6-11(14)8-12(15)16-2/h10-11H,3-9,13H2,1-2H3. The lowest BCUT2D eigenvalue weighted by Gasteiger charge is -2.40. The number of piperidine rings is 1. The van der Waals surface area contributed by atoms with E-state index in [9.17, 15) is 4.79 Å². The summed E-state index contributed by atoms with van der Waals surface area (Å²) in [7, 11) is 1.45. The molecule has 1 saturated heterocycles. The van der Waals surface area contributed by atoms with E-state index in [1.807, 2.05) is 0 Å². The van der Waals surface area contributed by atoms with Gasteiger partial charge >= 0.3 is 5.97 Å². The van der Waals surface area contributed by atoms with Gasteiger partial charge < -0.3 is 10.5 Å². The van der Waals surface area contributed by atoms with Gasteiger partial charge in [0.1, 0.15) is 0 Å². The topological polar surface area (TPSA) is 55.6 Å². The van der Waals surface area contributed by atoms with Crippen LogP contribution in [-0.2, 0) is 9.53 Å². The maximum Gasteiger partial charge on any atom is 0.307 e. The first-order valence-electron chi connectivity index (χ1n) is 6.25. The van der Waals surface area contributed by atoms with E-state index in [-0.39, 0.29) is 5.97 Å². The minimum absolute atomic E-state index is 0.108. The number of methoxy groups -OCH3 is 1. The van der Waals surface area contributed by atoms with Crippen LogP contribution in [0, 0.1) is 0 Å². The van der Waals surface area contributed by atoms with Crippen LogP contribution >= 0.6 is 0 Å². The van der Waals surface area contributed by atoms with Crippen molar-refractivity contribution in [2.75, 3.05) is 20.2 Å². The summed E-state index contributed by atoms with van der Waals surface area (Å²) in [6.07, 6.45) is 5.07. The Hall–Kier alpha value is -0.610. The van der Waals surface area contributed by atoms with Crippen LogP contribution in [0.2, 0.25) is 0 Å². The molecule has 0 radical (unpaired) electrons. The van der Waals surface area contributed by atoms with Gasteiger partial charge in [-0.2, -0.15) is 0 Å². The van der Waals surface area contributed by atoms with Gasteiger partial charge in [-0.15, -0.1) is 0 Å². The van der Waals surface area contributed by atoms with Crippen molar-refractivity contribution in [2.24, 2.45) is 5.73 Å². The van der Waals surface area contributed by atoms with Gasteiger partial charge in [-0.3, -0.25) is 9.69 Å². The largest absolute Gasteiger partial charge is 0.469 e. The fourth-order valence-electron chi connectivity index (χ4n) is 2.54. The summed E-state index contributed by atoms with van der Waals surface area (Å²) in [4.78, 5) is 13.7. The van der Waals surface area contributed by atoms with E-state index in [2.05, 4.69) is 11.8 Å². The number of carbonyl (C=O) groups is 1. The second-order valence-electron chi connectivity index (χ2n) is 4.47. The predicted molar refractivity (Wildman–Crippen MR) is 64.1 cm³/mol. The summed E-state index contributed by atoms with van der Waals surface area (Å²) in [5.41, 5.74) is 5.78. The van der Waals surface area contributed by atoms with Gasteiger partial charge in [-0.1, -0.05) is 13.3 Å². The zero-order valence-electron chi connectivity index (χ0n) is 10.4. The molecule has 0 saturated carbocycles. The van der Waals surface area contributed by atoms with Crippen LogP contribution in [0.15, 0.2) is 0 Å². The summed E-state index contributed by atoms with van der Waals surface area (Å²) < 4.78 is 4.75. The third kappa shape index (κ3) is 3.46. The summed E-state index contributed by atoms with van der Waals surface area (Å²) in [5, 5.41) is 0. The molecule has 1 fully saturated rings. The molecule has 0 aromatic carbocycles. The number of esters is 1. The monoisotopic (exact) mass is 228 g/mol. The molecule has 2 atom stereocenters. The second kappa shape index (κ2) is 6.86. The van der Waals surface area contributed by atoms with Crippen LogP contribution < -0.4 is 5.73 Å². The first-order chi connectivity index (χ1) is 7.72. The molecule has 1 aliphatic rings. The van der Waals surface area contributed by atoms with Crippen LogP contribution in [0.5, 0.6) is 0 Å². The van der Waals surface area contributed by atoms with Crippen LogP contribution in [-0.4, -0.2) is 43.2 Å². The number of nitrogens with zero attached hydrogens (tertiary/aromatic N) is 1.